The molecule has 25 heavy (non-hydrogen) atoms. The number of nitrogens with zero attached hydrogens (tertiary/aromatic N) is 1. The van der Waals surface area contributed by atoms with E-state index < -0.39 is 5.41 Å². The van der Waals surface area contributed by atoms with Gasteiger partial charge in [0.1, 0.15) is 0 Å². The number of halogens is 1. The van der Waals surface area contributed by atoms with Gasteiger partial charge >= 0.3 is 0 Å². The molecule has 1 aromatic carbocycles. The van der Waals surface area contributed by atoms with Crippen LogP contribution in [0.2, 0.25) is 5.02 Å². The first-order valence-corrected chi connectivity index (χ1v) is 9.86. The van der Waals surface area contributed by atoms with Crippen molar-refractivity contribution in [3.05, 3.63) is 34.9 Å². The summed E-state index contributed by atoms with van der Waals surface area (Å²) < 4.78 is 5.58. The Morgan fingerprint density at radius 2 is 1.80 bits per heavy atom. The van der Waals surface area contributed by atoms with Gasteiger partial charge in [-0.15, -0.1) is 0 Å². The summed E-state index contributed by atoms with van der Waals surface area (Å²) in [5.74, 6) is 0.254. The van der Waals surface area contributed by atoms with Gasteiger partial charge in [-0.05, 0) is 55.7 Å². The third-order valence-corrected chi connectivity index (χ3v) is 6.92. The lowest BCUT2D eigenvalue weighted by Gasteiger charge is -2.45. The molecular weight excluding hydrogens is 336 g/mol. The normalized spacial score (nSPS) is 25.2. The minimum atomic E-state index is -0.519. The van der Waals surface area contributed by atoms with Crippen molar-refractivity contribution in [2.24, 2.45) is 5.41 Å². The van der Waals surface area contributed by atoms with Gasteiger partial charge < -0.3 is 15.0 Å². The highest BCUT2D eigenvalue weighted by Crippen LogP contribution is 2.43. The van der Waals surface area contributed by atoms with Gasteiger partial charge in [0.25, 0.3) is 0 Å². The van der Waals surface area contributed by atoms with E-state index >= 15 is 0 Å². The molecule has 3 heterocycles. The minimum Gasteiger partial charge on any atom is -0.381 e. The second-order valence-electron chi connectivity index (χ2n) is 7.89. The Balaban J connectivity index is 1.58. The van der Waals surface area contributed by atoms with Crippen molar-refractivity contribution in [1.82, 2.24) is 10.2 Å². The third-order valence-electron chi connectivity index (χ3n) is 6.59. The predicted octanol–water partition coefficient (Wildman–Crippen LogP) is 2.99. The van der Waals surface area contributed by atoms with E-state index in [9.17, 15) is 4.79 Å². The Hall–Kier alpha value is -1.10. The molecule has 1 spiro atoms. The van der Waals surface area contributed by atoms with Gasteiger partial charge in [-0.1, -0.05) is 29.8 Å². The van der Waals surface area contributed by atoms with Crippen LogP contribution in [0.4, 0.5) is 0 Å². The van der Waals surface area contributed by atoms with E-state index in [-0.39, 0.29) is 5.91 Å². The fourth-order valence-corrected chi connectivity index (χ4v) is 5.19. The lowest BCUT2D eigenvalue weighted by atomic mass is 9.71. The van der Waals surface area contributed by atoms with Crippen LogP contribution >= 0.6 is 11.6 Å². The van der Waals surface area contributed by atoms with Crippen molar-refractivity contribution in [3.8, 4) is 0 Å². The zero-order chi connectivity index (χ0) is 17.3. The van der Waals surface area contributed by atoms with Crippen LogP contribution in [0.1, 0.15) is 37.7 Å². The maximum atomic E-state index is 13.6. The van der Waals surface area contributed by atoms with E-state index in [0.29, 0.717) is 23.7 Å². The van der Waals surface area contributed by atoms with Crippen molar-refractivity contribution >= 4 is 17.5 Å². The first-order chi connectivity index (χ1) is 12.2. The van der Waals surface area contributed by atoms with Crippen molar-refractivity contribution < 1.29 is 9.53 Å². The molecule has 3 saturated heterocycles. The van der Waals surface area contributed by atoms with Gasteiger partial charge in [-0.3, -0.25) is 4.79 Å². The number of ether oxygens (including phenoxy) is 1. The van der Waals surface area contributed by atoms with Crippen LogP contribution in [0.3, 0.4) is 0 Å². The molecule has 0 atom stereocenters. The van der Waals surface area contributed by atoms with E-state index in [0.717, 1.165) is 57.4 Å². The molecule has 3 aliphatic heterocycles. The summed E-state index contributed by atoms with van der Waals surface area (Å²) in [5, 5.41) is 4.19. The average Bonchev–Trinajstić information content (AvgIpc) is 3.11. The van der Waals surface area contributed by atoms with Crippen molar-refractivity contribution in [2.75, 3.05) is 39.4 Å². The molecular formula is C20H27ClN2O2. The summed E-state index contributed by atoms with van der Waals surface area (Å²) in [6.07, 6.45) is 4.91. The fourth-order valence-electron chi connectivity index (χ4n) is 4.88. The molecule has 1 amide bonds. The van der Waals surface area contributed by atoms with Crippen LogP contribution < -0.4 is 5.32 Å². The quantitative estimate of drug-likeness (QED) is 0.879. The van der Waals surface area contributed by atoms with Gasteiger partial charge in [0.05, 0.1) is 5.41 Å². The highest BCUT2D eigenvalue weighted by atomic mass is 35.5. The highest BCUT2D eigenvalue weighted by molar-refractivity contribution is 6.31. The van der Waals surface area contributed by atoms with Crippen LogP contribution in [-0.2, 0) is 14.9 Å². The number of carbonyl (C=O) groups excluding carboxylic acids is 1. The topological polar surface area (TPSA) is 41.6 Å². The lowest BCUT2D eigenvalue weighted by molar-refractivity contribution is -0.143. The van der Waals surface area contributed by atoms with Gasteiger partial charge in [0.15, 0.2) is 0 Å². The molecule has 0 aliphatic carbocycles. The summed E-state index contributed by atoms with van der Waals surface area (Å²) >= 11 is 6.51. The van der Waals surface area contributed by atoms with Gasteiger partial charge in [0, 0.05) is 37.9 Å². The molecule has 0 bridgehead atoms. The number of nitrogens with one attached hydrogen (secondary N) is 1. The van der Waals surface area contributed by atoms with Crippen LogP contribution in [0.25, 0.3) is 0 Å². The molecule has 136 valence electrons. The van der Waals surface area contributed by atoms with E-state index in [1.54, 1.807) is 0 Å². The van der Waals surface area contributed by atoms with Crippen molar-refractivity contribution in [3.63, 3.8) is 0 Å². The molecule has 4 rings (SSSR count). The first kappa shape index (κ1) is 17.3. The molecule has 5 heteroatoms. The number of likely N-dealkylation sites (tertiary alicyclic amines) is 1. The van der Waals surface area contributed by atoms with Crippen LogP contribution in [0.5, 0.6) is 0 Å². The Labute approximate surface area is 154 Å². The Morgan fingerprint density at radius 3 is 2.44 bits per heavy atom. The van der Waals surface area contributed by atoms with Crippen LogP contribution in [-0.4, -0.2) is 50.2 Å². The molecule has 1 aromatic rings. The number of hydrogen-bond donors (Lipinski definition) is 1. The zero-order valence-corrected chi connectivity index (χ0v) is 15.5. The number of piperidine rings is 1. The summed E-state index contributed by atoms with van der Waals surface area (Å²) in [6, 6.07) is 7.84. The molecule has 0 unspecified atom stereocenters. The fraction of sp³-hybridized carbons (Fsp3) is 0.650. The number of benzene rings is 1. The Bertz CT molecular complexity index is 626. The SMILES string of the molecule is O=C(N1CCC2(CCNC2)CC1)C1(c2ccccc2Cl)CCOCC1. The largest absolute Gasteiger partial charge is 0.381 e. The molecule has 0 radical (unpaired) electrons. The number of rotatable bonds is 2. The molecule has 3 fully saturated rings. The Kier molecular flexibility index (Phi) is 4.78. The van der Waals surface area contributed by atoms with Gasteiger partial charge in [0.2, 0.25) is 5.91 Å². The summed E-state index contributed by atoms with van der Waals surface area (Å²) in [6.45, 7) is 5.21. The standard InChI is InChI=1S/C20H27ClN2O2/c21-17-4-2-1-3-16(17)20(8-13-25-14-9-20)18(24)23-11-6-19(7-12-23)5-10-22-15-19/h1-4,22H,5-15H2. The van der Waals surface area contributed by atoms with Crippen LogP contribution in [0, 0.1) is 5.41 Å². The van der Waals surface area contributed by atoms with Crippen LogP contribution in [0.15, 0.2) is 24.3 Å². The first-order valence-electron chi connectivity index (χ1n) is 9.48. The maximum absolute atomic E-state index is 13.6. The molecule has 3 aliphatic rings. The highest BCUT2D eigenvalue weighted by Gasteiger charge is 2.47. The van der Waals surface area contributed by atoms with Crippen molar-refractivity contribution in [2.45, 2.75) is 37.5 Å². The number of amides is 1. The Morgan fingerprint density at radius 1 is 1.08 bits per heavy atom. The van der Waals surface area contributed by atoms with E-state index in [1.807, 2.05) is 24.3 Å². The summed E-state index contributed by atoms with van der Waals surface area (Å²) in [7, 11) is 0. The van der Waals surface area contributed by atoms with Gasteiger partial charge in [-0.25, -0.2) is 0 Å². The lowest BCUT2D eigenvalue weighted by Crippen LogP contribution is -2.53. The third kappa shape index (κ3) is 3.09. The van der Waals surface area contributed by atoms with Crippen molar-refractivity contribution in [1.29, 1.82) is 0 Å². The molecule has 0 aromatic heterocycles. The summed E-state index contributed by atoms with van der Waals surface area (Å²) in [5.41, 5.74) is 0.881. The second kappa shape index (κ2) is 6.90. The second-order valence-corrected chi connectivity index (χ2v) is 8.30. The van der Waals surface area contributed by atoms with E-state index in [1.165, 1.54) is 6.42 Å². The van der Waals surface area contributed by atoms with Gasteiger partial charge in [-0.2, -0.15) is 0 Å². The average molecular weight is 363 g/mol. The molecule has 0 saturated carbocycles. The van der Waals surface area contributed by atoms with E-state index in [2.05, 4.69) is 10.2 Å². The summed E-state index contributed by atoms with van der Waals surface area (Å²) in [4.78, 5) is 15.7. The number of hydrogen-bond acceptors (Lipinski definition) is 3. The molecule has 4 nitrogen and oxygen atoms in total. The molecule has 1 N–H and O–H groups in total. The smallest absolute Gasteiger partial charge is 0.233 e. The maximum Gasteiger partial charge on any atom is 0.233 e. The minimum absolute atomic E-state index is 0.254. The monoisotopic (exact) mass is 362 g/mol. The predicted molar refractivity (Wildman–Crippen MR) is 98.9 cm³/mol. The zero-order valence-electron chi connectivity index (χ0n) is 14.7. The number of carbonyl (C=O) groups is 1. The van der Waals surface area contributed by atoms with E-state index in [4.69, 9.17) is 16.3 Å².